The fourth-order valence-corrected chi connectivity index (χ4v) is 1.30. The van der Waals surface area contributed by atoms with Crippen molar-refractivity contribution in [3.63, 3.8) is 0 Å². The number of furan rings is 1. The van der Waals surface area contributed by atoms with E-state index in [2.05, 4.69) is 16.7 Å². The highest BCUT2D eigenvalue weighted by molar-refractivity contribution is 5.19. The van der Waals surface area contributed by atoms with Gasteiger partial charge in [-0.1, -0.05) is 0 Å². The van der Waals surface area contributed by atoms with Gasteiger partial charge >= 0.3 is 0 Å². The Hall–Kier alpha value is -0.800. The minimum Gasteiger partial charge on any atom is -0.466 e. The molecule has 0 spiro atoms. The first-order valence-corrected chi connectivity index (χ1v) is 4.65. The number of nitrogens with one attached hydrogen (secondary N) is 2. The van der Waals surface area contributed by atoms with Gasteiger partial charge in [0.05, 0.1) is 0 Å². The van der Waals surface area contributed by atoms with Gasteiger partial charge in [0.1, 0.15) is 11.5 Å². The highest BCUT2D eigenvalue weighted by atomic mass is 16.3. The second-order valence-electron chi connectivity index (χ2n) is 3.22. The topological polar surface area (TPSA) is 37.2 Å². The van der Waals surface area contributed by atoms with E-state index in [-0.39, 0.29) is 0 Å². The standard InChI is InChI=1S/C10H18N2O/c1-8-6-10(9(2)13-8)7-12-5-4-11-3/h6,11-12H,4-5,7H2,1-3H3. The fraction of sp³-hybridized carbons (Fsp3) is 0.600. The Bertz CT molecular complexity index is 255. The predicted octanol–water partition coefficient (Wildman–Crippen LogP) is 1.21. The summed E-state index contributed by atoms with van der Waals surface area (Å²) in [5.41, 5.74) is 1.26. The molecule has 0 saturated carbocycles. The maximum Gasteiger partial charge on any atom is 0.105 e. The Balaban J connectivity index is 2.32. The van der Waals surface area contributed by atoms with Crippen molar-refractivity contribution >= 4 is 0 Å². The zero-order valence-corrected chi connectivity index (χ0v) is 8.61. The highest BCUT2D eigenvalue weighted by Crippen LogP contribution is 2.12. The third-order valence-electron chi connectivity index (χ3n) is 2.01. The first-order chi connectivity index (χ1) is 6.24. The average Bonchev–Trinajstić information content (AvgIpc) is 2.39. The smallest absolute Gasteiger partial charge is 0.105 e. The molecule has 0 bridgehead atoms. The molecule has 1 aromatic heterocycles. The fourth-order valence-electron chi connectivity index (χ4n) is 1.30. The molecule has 0 aliphatic heterocycles. The molecule has 0 fully saturated rings. The van der Waals surface area contributed by atoms with Gasteiger partial charge in [-0.3, -0.25) is 0 Å². The van der Waals surface area contributed by atoms with Crippen LogP contribution in [0.15, 0.2) is 10.5 Å². The van der Waals surface area contributed by atoms with Gasteiger partial charge in [-0.2, -0.15) is 0 Å². The van der Waals surface area contributed by atoms with Gasteiger partial charge in [-0.15, -0.1) is 0 Å². The van der Waals surface area contributed by atoms with Gasteiger partial charge in [-0.05, 0) is 27.0 Å². The van der Waals surface area contributed by atoms with Gasteiger partial charge in [0, 0.05) is 25.2 Å². The van der Waals surface area contributed by atoms with Gasteiger partial charge < -0.3 is 15.1 Å². The largest absolute Gasteiger partial charge is 0.466 e. The van der Waals surface area contributed by atoms with Crippen LogP contribution >= 0.6 is 0 Å². The number of hydrogen-bond donors (Lipinski definition) is 2. The van der Waals surface area contributed by atoms with Crippen LogP contribution in [-0.2, 0) is 6.54 Å². The molecule has 0 amide bonds. The van der Waals surface area contributed by atoms with Crippen LogP contribution in [-0.4, -0.2) is 20.1 Å². The quantitative estimate of drug-likeness (QED) is 0.672. The van der Waals surface area contributed by atoms with Crippen LogP contribution in [0.3, 0.4) is 0 Å². The van der Waals surface area contributed by atoms with Crippen molar-refractivity contribution in [2.75, 3.05) is 20.1 Å². The van der Waals surface area contributed by atoms with E-state index in [0.29, 0.717) is 0 Å². The molecule has 0 unspecified atom stereocenters. The number of aryl methyl sites for hydroxylation is 2. The van der Waals surface area contributed by atoms with Gasteiger partial charge in [0.2, 0.25) is 0 Å². The molecule has 0 atom stereocenters. The average molecular weight is 182 g/mol. The first-order valence-electron chi connectivity index (χ1n) is 4.65. The van der Waals surface area contributed by atoms with Crippen LogP contribution in [0.4, 0.5) is 0 Å². The lowest BCUT2D eigenvalue weighted by Gasteiger charge is -2.02. The van der Waals surface area contributed by atoms with E-state index in [0.717, 1.165) is 31.2 Å². The molecular formula is C10H18N2O. The Morgan fingerprint density at radius 1 is 1.31 bits per heavy atom. The molecule has 0 radical (unpaired) electrons. The maximum absolute atomic E-state index is 5.42. The third-order valence-corrected chi connectivity index (χ3v) is 2.01. The summed E-state index contributed by atoms with van der Waals surface area (Å²) in [5.74, 6) is 2.01. The number of hydrogen-bond acceptors (Lipinski definition) is 3. The van der Waals surface area contributed by atoms with E-state index < -0.39 is 0 Å². The van der Waals surface area contributed by atoms with Crippen LogP contribution in [0.2, 0.25) is 0 Å². The summed E-state index contributed by atoms with van der Waals surface area (Å²) < 4.78 is 5.42. The zero-order chi connectivity index (χ0) is 9.68. The first kappa shape index (κ1) is 10.3. The number of rotatable bonds is 5. The van der Waals surface area contributed by atoms with E-state index in [1.54, 1.807) is 0 Å². The van der Waals surface area contributed by atoms with E-state index >= 15 is 0 Å². The summed E-state index contributed by atoms with van der Waals surface area (Å²) in [5, 5.41) is 6.42. The van der Waals surface area contributed by atoms with Gasteiger partial charge in [0.15, 0.2) is 0 Å². The summed E-state index contributed by atoms with van der Waals surface area (Å²) in [4.78, 5) is 0. The van der Waals surface area contributed by atoms with Crippen LogP contribution in [0, 0.1) is 13.8 Å². The third kappa shape index (κ3) is 3.20. The molecule has 0 aliphatic rings. The van der Waals surface area contributed by atoms with Crippen molar-refractivity contribution in [3.05, 3.63) is 23.2 Å². The van der Waals surface area contributed by atoms with Gasteiger partial charge in [-0.25, -0.2) is 0 Å². The molecule has 13 heavy (non-hydrogen) atoms. The maximum atomic E-state index is 5.42. The zero-order valence-electron chi connectivity index (χ0n) is 8.61. The minimum absolute atomic E-state index is 0.894. The summed E-state index contributed by atoms with van der Waals surface area (Å²) in [6.45, 7) is 6.85. The van der Waals surface area contributed by atoms with Crippen molar-refractivity contribution in [2.45, 2.75) is 20.4 Å². The van der Waals surface area contributed by atoms with E-state index in [1.165, 1.54) is 5.56 Å². The molecule has 1 rings (SSSR count). The normalized spacial score (nSPS) is 10.7. The predicted molar refractivity (Wildman–Crippen MR) is 53.8 cm³/mol. The van der Waals surface area contributed by atoms with Crippen molar-refractivity contribution in [1.82, 2.24) is 10.6 Å². The van der Waals surface area contributed by atoms with Crippen molar-refractivity contribution in [3.8, 4) is 0 Å². The monoisotopic (exact) mass is 182 g/mol. The molecule has 2 N–H and O–H groups in total. The van der Waals surface area contributed by atoms with E-state index in [4.69, 9.17) is 4.42 Å². The molecule has 74 valence electrons. The molecule has 1 aromatic rings. The van der Waals surface area contributed by atoms with Crippen LogP contribution in [0.25, 0.3) is 0 Å². The highest BCUT2D eigenvalue weighted by Gasteiger charge is 2.02. The second kappa shape index (κ2) is 5.04. The summed E-state index contributed by atoms with van der Waals surface area (Å²) in [7, 11) is 1.95. The lowest BCUT2D eigenvalue weighted by atomic mass is 10.2. The van der Waals surface area contributed by atoms with Crippen molar-refractivity contribution in [1.29, 1.82) is 0 Å². The van der Waals surface area contributed by atoms with Crippen molar-refractivity contribution in [2.24, 2.45) is 0 Å². The Labute approximate surface area is 79.5 Å². The van der Waals surface area contributed by atoms with E-state index in [9.17, 15) is 0 Å². The number of likely N-dealkylation sites (N-methyl/N-ethyl adjacent to an activating group) is 1. The molecule has 3 heteroatoms. The molecule has 1 heterocycles. The Kier molecular flexibility index (Phi) is 3.99. The molecule has 0 aliphatic carbocycles. The molecule has 0 aromatic carbocycles. The summed E-state index contributed by atoms with van der Waals surface area (Å²) in [6, 6.07) is 2.09. The van der Waals surface area contributed by atoms with Gasteiger partial charge in [0.25, 0.3) is 0 Å². The molecular weight excluding hydrogens is 164 g/mol. The summed E-state index contributed by atoms with van der Waals surface area (Å²) >= 11 is 0. The van der Waals surface area contributed by atoms with Crippen LogP contribution in [0.1, 0.15) is 17.1 Å². The second-order valence-corrected chi connectivity index (χ2v) is 3.22. The van der Waals surface area contributed by atoms with E-state index in [1.807, 2.05) is 20.9 Å². The van der Waals surface area contributed by atoms with Crippen molar-refractivity contribution < 1.29 is 4.42 Å². The van der Waals surface area contributed by atoms with Crippen LogP contribution < -0.4 is 10.6 Å². The van der Waals surface area contributed by atoms with Crippen LogP contribution in [0.5, 0.6) is 0 Å². The minimum atomic E-state index is 0.894. The Morgan fingerprint density at radius 2 is 2.08 bits per heavy atom. The lowest BCUT2D eigenvalue weighted by molar-refractivity contribution is 0.499. The Morgan fingerprint density at radius 3 is 2.62 bits per heavy atom. The molecule has 3 nitrogen and oxygen atoms in total. The lowest BCUT2D eigenvalue weighted by Crippen LogP contribution is -2.24. The SMILES string of the molecule is CNCCNCc1cc(C)oc1C. The summed E-state index contributed by atoms with van der Waals surface area (Å²) in [6.07, 6.45) is 0. The molecule has 0 saturated heterocycles.